The first-order valence-corrected chi connectivity index (χ1v) is 4.24. The van der Waals surface area contributed by atoms with Gasteiger partial charge in [-0.3, -0.25) is 0 Å². The third kappa shape index (κ3) is 1.35. The monoisotopic (exact) mass is 191 g/mol. The molecular formula is C10H10FN3. The van der Waals surface area contributed by atoms with E-state index in [-0.39, 0.29) is 5.69 Å². The van der Waals surface area contributed by atoms with Crippen molar-refractivity contribution in [3.05, 3.63) is 42.0 Å². The van der Waals surface area contributed by atoms with Crippen LogP contribution in [0.25, 0.3) is 5.69 Å². The molecule has 0 saturated carbocycles. The van der Waals surface area contributed by atoms with Gasteiger partial charge >= 0.3 is 0 Å². The predicted octanol–water partition coefficient (Wildman–Crippen LogP) is 1.90. The van der Waals surface area contributed by atoms with Crippen LogP contribution < -0.4 is 5.73 Å². The molecule has 1 aromatic heterocycles. The quantitative estimate of drug-likeness (QED) is 0.748. The smallest absolute Gasteiger partial charge is 0.239 e. The van der Waals surface area contributed by atoms with Gasteiger partial charge in [-0.05, 0) is 24.6 Å². The first-order chi connectivity index (χ1) is 6.68. The minimum Gasteiger partial charge on any atom is -0.394 e. The lowest BCUT2D eigenvalue weighted by Crippen LogP contribution is -2.00. The van der Waals surface area contributed by atoms with E-state index in [1.165, 1.54) is 10.9 Å². The lowest BCUT2D eigenvalue weighted by atomic mass is 10.2. The molecule has 0 aliphatic carbocycles. The number of halogens is 1. The van der Waals surface area contributed by atoms with E-state index in [4.69, 9.17) is 5.73 Å². The Labute approximate surface area is 81.0 Å². The Hall–Kier alpha value is -1.84. The second-order valence-corrected chi connectivity index (χ2v) is 3.14. The van der Waals surface area contributed by atoms with Gasteiger partial charge in [0.2, 0.25) is 5.95 Å². The number of nitrogens with two attached hydrogens (primary N) is 1. The Balaban J connectivity index is 2.55. The highest BCUT2D eigenvalue weighted by molar-refractivity contribution is 5.40. The highest BCUT2D eigenvalue weighted by Gasteiger charge is 2.08. The van der Waals surface area contributed by atoms with Gasteiger partial charge in [0.25, 0.3) is 0 Å². The molecule has 0 bridgehead atoms. The van der Waals surface area contributed by atoms with Gasteiger partial charge in [0.15, 0.2) is 0 Å². The third-order valence-electron chi connectivity index (χ3n) is 1.98. The zero-order valence-corrected chi connectivity index (χ0v) is 7.74. The summed E-state index contributed by atoms with van der Waals surface area (Å²) in [7, 11) is 0. The second kappa shape index (κ2) is 3.14. The van der Waals surface area contributed by atoms with E-state index in [0.717, 1.165) is 5.56 Å². The molecule has 1 aromatic carbocycles. The van der Waals surface area contributed by atoms with Gasteiger partial charge in [0, 0.05) is 0 Å². The van der Waals surface area contributed by atoms with E-state index < -0.39 is 5.95 Å². The van der Waals surface area contributed by atoms with Gasteiger partial charge in [0.05, 0.1) is 11.9 Å². The summed E-state index contributed by atoms with van der Waals surface area (Å²) in [5.41, 5.74) is 7.15. The summed E-state index contributed by atoms with van der Waals surface area (Å²) < 4.78 is 14.5. The molecule has 0 unspecified atom stereocenters. The number of aromatic nitrogens is 2. The number of hydrogen-bond donors (Lipinski definition) is 1. The zero-order chi connectivity index (χ0) is 10.1. The molecule has 0 fully saturated rings. The number of benzene rings is 1. The van der Waals surface area contributed by atoms with Crippen molar-refractivity contribution < 1.29 is 4.39 Å². The maximum atomic E-state index is 13.4. The minimum absolute atomic E-state index is 0.0616. The van der Waals surface area contributed by atoms with E-state index in [0.29, 0.717) is 5.69 Å². The van der Waals surface area contributed by atoms with Crippen molar-refractivity contribution in [1.29, 1.82) is 0 Å². The van der Waals surface area contributed by atoms with Gasteiger partial charge < -0.3 is 5.73 Å². The highest BCUT2D eigenvalue weighted by Crippen LogP contribution is 2.15. The van der Waals surface area contributed by atoms with Crippen molar-refractivity contribution in [2.24, 2.45) is 0 Å². The van der Waals surface area contributed by atoms with E-state index in [9.17, 15) is 4.39 Å². The summed E-state index contributed by atoms with van der Waals surface area (Å²) in [4.78, 5) is 0. The molecule has 72 valence electrons. The lowest BCUT2D eigenvalue weighted by Gasteiger charge is -2.02. The van der Waals surface area contributed by atoms with Crippen molar-refractivity contribution in [3.8, 4) is 5.69 Å². The Kier molecular flexibility index (Phi) is 1.96. The molecule has 0 aliphatic heterocycles. The highest BCUT2D eigenvalue weighted by atomic mass is 19.1. The summed E-state index contributed by atoms with van der Waals surface area (Å²) >= 11 is 0. The zero-order valence-electron chi connectivity index (χ0n) is 7.74. The van der Waals surface area contributed by atoms with Crippen LogP contribution in [0, 0.1) is 12.9 Å². The van der Waals surface area contributed by atoms with Crippen molar-refractivity contribution in [3.63, 3.8) is 0 Å². The van der Waals surface area contributed by atoms with E-state index in [2.05, 4.69) is 5.10 Å². The molecule has 2 aromatic rings. The van der Waals surface area contributed by atoms with Crippen LogP contribution >= 0.6 is 0 Å². The van der Waals surface area contributed by atoms with Crippen molar-refractivity contribution in [1.82, 2.24) is 9.78 Å². The number of rotatable bonds is 1. The molecule has 2 rings (SSSR count). The maximum Gasteiger partial charge on any atom is 0.239 e. The summed E-state index contributed by atoms with van der Waals surface area (Å²) in [6, 6.07) is 7.41. The Morgan fingerprint density at radius 1 is 1.43 bits per heavy atom. The number of anilines is 1. The fourth-order valence-electron chi connectivity index (χ4n) is 1.29. The third-order valence-corrected chi connectivity index (χ3v) is 1.98. The molecule has 2 N–H and O–H groups in total. The summed E-state index contributed by atoms with van der Waals surface area (Å²) in [5.74, 6) is -0.518. The number of aryl methyl sites for hydroxylation is 1. The Bertz CT molecular complexity index is 462. The van der Waals surface area contributed by atoms with Gasteiger partial charge in [0.1, 0.15) is 5.69 Å². The van der Waals surface area contributed by atoms with Crippen LogP contribution in [0.3, 0.4) is 0 Å². The van der Waals surface area contributed by atoms with Crippen LogP contribution in [0.15, 0.2) is 30.5 Å². The van der Waals surface area contributed by atoms with Crippen LogP contribution in [-0.2, 0) is 0 Å². The normalized spacial score (nSPS) is 10.4. The average molecular weight is 191 g/mol. The number of nitrogens with zero attached hydrogens (tertiary/aromatic N) is 2. The van der Waals surface area contributed by atoms with Crippen molar-refractivity contribution in [2.45, 2.75) is 6.92 Å². The van der Waals surface area contributed by atoms with Gasteiger partial charge in [-0.25, -0.2) is 4.68 Å². The maximum absolute atomic E-state index is 13.4. The summed E-state index contributed by atoms with van der Waals surface area (Å²) in [6.07, 6.45) is 1.30. The molecule has 1 heterocycles. The second-order valence-electron chi connectivity index (χ2n) is 3.14. The predicted molar refractivity (Wildman–Crippen MR) is 52.7 cm³/mol. The van der Waals surface area contributed by atoms with Crippen LogP contribution in [0.1, 0.15) is 5.56 Å². The van der Waals surface area contributed by atoms with Gasteiger partial charge in [-0.2, -0.15) is 9.49 Å². The number of nitrogen functional groups attached to an aromatic ring is 1. The molecule has 0 amide bonds. The van der Waals surface area contributed by atoms with E-state index in [1.807, 2.05) is 25.1 Å². The molecule has 0 saturated heterocycles. The number of hydrogen-bond acceptors (Lipinski definition) is 2. The van der Waals surface area contributed by atoms with Gasteiger partial charge in [-0.15, -0.1) is 0 Å². The van der Waals surface area contributed by atoms with E-state index >= 15 is 0 Å². The summed E-state index contributed by atoms with van der Waals surface area (Å²) in [5, 5.41) is 3.84. The first kappa shape index (κ1) is 8.74. The molecule has 0 aliphatic rings. The molecular weight excluding hydrogens is 181 g/mol. The van der Waals surface area contributed by atoms with Crippen LogP contribution in [-0.4, -0.2) is 9.78 Å². The first-order valence-electron chi connectivity index (χ1n) is 4.24. The van der Waals surface area contributed by atoms with Crippen LogP contribution in [0.4, 0.5) is 10.1 Å². The average Bonchev–Trinajstić information content (AvgIpc) is 2.48. The van der Waals surface area contributed by atoms with E-state index in [1.54, 1.807) is 6.07 Å². The molecule has 0 atom stereocenters. The standard InChI is InChI=1S/C10H10FN3/c1-7-3-2-4-8(5-7)14-10(11)9(12)6-13-14/h2-6H,12H2,1H3. The molecule has 4 heteroatoms. The fourth-order valence-corrected chi connectivity index (χ4v) is 1.29. The molecule has 0 radical (unpaired) electrons. The lowest BCUT2D eigenvalue weighted by molar-refractivity contribution is 0.540. The van der Waals surface area contributed by atoms with Crippen molar-refractivity contribution in [2.75, 3.05) is 5.73 Å². The largest absolute Gasteiger partial charge is 0.394 e. The topological polar surface area (TPSA) is 43.8 Å². The molecule has 14 heavy (non-hydrogen) atoms. The molecule has 3 nitrogen and oxygen atoms in total. The Morgan fingerprint density at radius 3 is 2.79 bits per heavy atom. The molecule has 0 spiro atoms. The SMILES string of the molecule is Cc1cccc(-n2ncc(N)c2F)c1. The minimum atomic E-state index is -0.518. The van der Waals surface area contributed by atoms with Gasteiger partial charge in [-0.1, -0.05) is 12.1 Å². The van der Waals surface area contributed by atoms with Crippen molar-refractivity contribution >= 4 is 5.69 Å². The van der Waals surface area contributed by atoms with Crippen LogP contribution in [0.5, 0.6) is 0 Å². The van der Waals surface area contributed by atoms with Crippen LogP contribution in [0.2, 0.25) is 0 Å². The summed E-state index contributed by atoms with van der Waals surface area (Å²) in [6.45, 7) is 1.94. The fraction of sp³-hybridized carbons (Fsp3) is 0.100. The Morgan fingerprint density at radius 2 is 2.21 bits per heavy atom.